The van der Waals surface area contributed by atoms with Crippen molar-refractivity contribution in [3.8, 4) is 6.07 Å². The third-order valence-corrected chi connectivity index (χ3v) is 5.28. The molecule has 4 rings (SSSR count). The molecule has 120 valence electrons. The minimum Gasteiger partial charge on any atom is -0.306 e. The van der Waals surface area contributed by atoms with Gasteiger partial charge in [-0.15, -0.1) is 10.2 Å². The van der Waals surface area contributed by atoms with Crippen LogP contribution in [-0.4, -0.2) is 19.7 Å². The average molecular weight is 356 g/mol. The number of aryl methyl sites for hydroxylation is 1. The van der Waals surface area contributed by atoms with Crippen LogP contribution in [0.4, 0.5) is 0 Å². The summed E-state index contributed by atoms with van der Waals surface area (Å²) in [6.45, 7) is 0.943. The van der Waals surface area contributed by atoms with Crippen LogP contribution in [0.15, 0.2) is 34.4 Å². The molecule has 7 heteroatoms. The molecule has 2 aromatic heterocycles. The van der Waals surface area contributed by atoms with Crippen LogP contribution in [0.25, 0.3) is 10.9 Å². The van der Waals surface area contributed by atoms with Crippen LogP contribution >= 0.6 is 23.4 Å². The van der Waals surface area contributed by atoms with Crippen molar-refractivity contribution < 1.29 is 0 Å². The van der Waals surface area contributed by atoms with E-state index >= 15 is 0 Å². The largest absolute Gasteiger partial charge is 0.306 e. The van der Waals surface area contributed by atoms with Gasteiger partial charge in [0.25, 0.3) is 0 Å². The molecule has 0 saturated carbocycles. The summed E-state index contributed by atoms with van der Waals surface area (Å²) in [4.78, 5) is 4.64. The third-order valence-electron chi connectivity index (χ3n) is 4.14. The molecule has 0 saturated heterocycles. The Morgan fingerprint density at radius 1 is 1.17 bits per heavy atom. The SMILES string of the molecule is N#Cc1cc(Sc2nnc3n2CCCCC3)nc2ccc(Cl)cc12. The number of halogens is 1. The lowest BCUT2D eigenvalue weighted by Gasteiger charge is -2.07. The van der Waals surface area contributed by atoms with E-state index in [1.165, 1.54) is 18.2 Å². The van der Waals surface area contributed by atoms with E-state index in [1.807, 2.05) is 6.07 Å². The molecule has 0 bridgehead atoms. The topological polar surface area (TPSA) is 67.4 Å². The van der Waals surface area contributed by atoms with Gasteiger partial charge in [0.05, 0.1) is 17.1 Å². The number of nitriles is 1. The van der Waals surface area contributed by atoms with Gasteiger partial charge in [-0.1, -0.05) is 18.0 Å². The minimum absolute atomic E-state index is 0.570. The molecule has 3 heterocycles. The van der Waals surface area contributed by atoms with E-state index < -0.39 is 0 Å². The molecule has 0 unspecified atom stereocenters. The molecular weight excluding hydrogens is 342 g/mol. The van der Waals surface area contributed by atoms with Gasteiger partial charge in [0.2, 0.25) is 0 Å². The fourth-order valence-electron chi connectivity index (χ4n) is 2.95. The number of pyridine rings is 1. The second-order valence-corrected chi connectivity index (χ2v) is 7.17. The molecule has 0 N–H and O–H groups in total. The van der Waals surface area contributed by atoms with Crippen molar-refractivity contribution in [1.29, 1.82) is 5.26 Å². The summed E-state index contributed by atoms with van der Waals surface area (Å²) in [6.07, 6.45) is 4.50. The number of benzene rings is 1. The van der Waals surface area contributed by atoms with E-state index in [2.05, 4.69) is 25.8 Å². The van der Waals surface area contributed by atoms with Crippen molar-refractivity contribution in [2.24, 2.45) is 0 Å². The number of fused-ring (bicyclic) bond motifs is 2. The van der Waals surface area contributed by atoms with Crippen molar-refractivity contribution in [1.82, 2.24) is 19.7 Å². The molecule has 1 aliphatic heterocycles. The molecule has 24 heavy (non-hydrogen) atoms. The summed E-state index contributed by atoms with van der Waals surface area (Å²) < 4.78 is 2.18. The van der Waals surface area contributed by atoms with Crippen LogP contribution in [0.5, 0.6) is 0 Å². The lowest BCUT2D eigenvalue weighted by atomic mass is 10.1. The zero-order chi connectivity index (χ0) is 16.5. The predicted octanol–water partition coefficient (Wildman–Crippen LogP) is 4.23. The minimum atomic E-state index is 0.570. The Labute approximate surface area is 148 Å². The van der Waals surface area contributed by atoms with Gasteiger partial charge in [-0.2, -0.15) is 5.26 Å². The fourth-order valence-corrected chi connectivity index (χ4v) is 4.01. The first-order valence-corrected chi connectivity index (χ1v) is 9.04. The molecule has 1 aromatic carbocycles. The highest BCUT2D eigenvalue weighted by atomic mass is 35.5. The van der Waals surface area contributed by atoms with Gasteiger partial charge >= 0.3 is 0 Å². The maximum absolute atomic E-state index is 9.44. The molecule has 0 spiro atoms. The predicted molar refractivity (Wildman–Crippen MR) is 93.2 cm³/mol. The van der Waals surface area contributed by atoms with Crippen molar-refractivity contribution >= 4 is 34.3 Å². The first-order chi connectivity index (χ1) is 11.7. The molecule has 0 amide bonds. The highest BCUT2D eigenvalue weighted by Gasteiger charge is 2.17. The number of aromatic nitrogens is 4. The molecule has 0 aliphatic carbocycles. The second-order valence-electron chi connectivity index (χ2n) is 5.74. The molecule has 5 nitrogen and oxygen atoms in total. The van der Waals surface area contributed by atoms with Crippen LogP contribution in [0.2, 0.25) is 5.02 Å². The summed E-state index contributed by atoms with van der Waals surface area (Å²) in [5, 5.41) is 21.0. The lowest BCUT2D eigenvalue weighted by molar-refractivity contribution is 0.590. The number of rotatable bonds is 2. The summed E-state index contributed by atoms with van der Waals surface area (Å²) in [5.74, 6) is 1.04. The standard InChI is InChI=1S/C17H14ClN5S/c18-12-5-6-14-13(9-12)11(10-19)8-16(20-14)24-17-22-21-15-4-2-1-3-7-23(15)17/h5-6,8-9H,1-4,7H2. The summed E-state index contributed by atoms with van der Waals surface area (Å²) in [7, 11) is 0. The van der Waals surface area contributed by atoms with E-state index in [-0.39, 0.29) is 0 Å². The number of nitrogens with zero attached hydrogens (tertiary/aromatic N) is 5. The summed E-state index contributed by atoms with van der Waals surface area (Å²) in [6, 6.07) is 9.43. The van der Waals surface area contributed by atoms with Crippen molar-refractivity contribution in [3.05, 3.63) is 40.7 Å². The van der Waals surface area contributed by atoms with Crippen molar-refractivity contribution in [2.45, 2.75) is 42.4 Å². The molecule has 1 aliphatic rings. The van der Waals surface area contributed by atoms with Gasteiger partial charge in [-0.25, -0.2) is 4.98 Å². The van der Waals surface area contributed by atoms with Gasteiger partial charge in [-0.3, -0.25) is 0 Å². The van der Waals surface area contributed by atoms with Crippen molar-refractivity contribution in [3.63, 3.8) is 0 Å². The zero-order valence-corrected chi connectivity index (χ0v) is 14.4. The number of hydrogen-bond acceptors (Lipinski definition) is 5. The smallest absolute Gasteiger partial charge is 0.197 e. The van der Waals surface area contributed by atoms with Gasteiger partial charge in [0.15, 0.2) is 5.16 Å². The van der Waals surface area contributed by atoms with Crippen molar-refractivity contribution in [2.75, 3.05) is 0 Å². The highest BCUT2D eigenvalue weighted by Crippen LogP contribution is 2.31. The fraction of sp³-hybridized carbons (Fsp3) is 0.294. The van der Waals surface area contributed by atoms with E-state index in [1.54, 1.807) is 18.2 Å². The molecular formula is C17H14ClN5S. The average Bonchev–Trinajstić information content (AvgIpc) is 2.81. The Morgan fingerprint density at radius 2 is 2.08 bits per heavy atom. The Kier molecular flexibility index (Phi) is 4.13. The molecule has 3 aromatic rings. The Bertz CT molecular complexity index is 960. The van der Waals surface area contributed by atoms with Crippen LogP contribution in [0, 0.1) is 11.3 Å². The van der Waals surface area contributed by atoms with Crippen LogP contribution in [-0.2, 0) is 13.0 Å². The Balaban J connectivity index is 1.74. The van der Waals surface area contributed by atoms with E-state index in [0.717, 1.165) is 52.7 Å². The third kappa shape index (κ3) is 2.85. The van der Waals surface area contributed by atoms with Crippen LogP contribution in [0.3, 0.4) is 0 Å². The Morgan fingerprint density at radius 3 is 2.96 bits per heavy atom. The van der Waals surface area contributed by atoms with Crippen LogP contribution < -0.4 is 0 Å². The monoisotopic (exact) mass is 355 g/mol. The van der Waals surface area contributed by atoms with E-state index in [0.29, 0.717) is 10.6 Å². The first kappa shape index (κ1) is 15.4. The number of hydrogen-bond donors (Lipinski definition) is 0. The summed E-state index contributed by atoms with van der Waals surface area (Å²) >= 11 is 7.49. The molecule has 0 atom stereocenters. The van der Waals surface area contributed by atoms with Gasteiger partial charge in [0, 0.05) is 23.4 Å². The van der Waals surface area contributed by atoms with E-state index in [9.17, 15) is 5.26 Å². The van der Waals surface area contributed by atoms with Crippen LogP contribution in [0.1, 0.15) is 30.7 Å². The molecule has 0 fully saturated rings. The first-order valence-electron chi connectivity index (χ1n) is 7.85. The van der Waals surface area contributed by atoms with E-state index in [4.69, 9.17) is 11.6 Å². The lowest BCUT2D eigenvalue weighted by Crippen LogP contribution is -2.02. The summed E-state index contributed by atoms with van der Waals surface area (Å²) in [5.41, 5.74) is 1.33. The highest BCUT2D eigenvalue weighted by molar-refractivity contribution is 7.99. The zero-order valence-electron chi connectivity index (χ0n) is 12.9. The van der Waals surface area contributed by atoms with Gasteiger partial charge < -0.3 is 4.57 Å². The maximum atomic E-state index is 9.44. The molecule has 0 radical (unpaired) electrons. The Hall–Kier alpha value is -2.10. The quantitative estimate of drug-likeness (QED) is 0.688. The maximum Gasteiger partial charge on any atom is 0.197 e. The van der Waals surface area contributed by atoms with Gasteiger partial charge in [0.1, 0.15) is 10.9 Å². The normalized spacial score (nSPS) is 14.2. The second kappa shape index (κ2) is 6.42. The van der Waals surface area contributed by atoms with Gasteiger partial charge in [-0.05, 0) is 48.9 Å².